The molecule has 0 amide bonds. The van der Waals surface area contributed by atoms with Crippen LogP contribution in [-0.2, 0) is 33.3 Å². The van der Waals surface area contributed by atoms with Gasteiger partial charge in [-0.3, -0.25) is 14.4 Å². The van der Waals surface area contributed by atoms with E-state index in [0.29, 0.717) is 6.02 Å². The van der Waals surface area contributed by atoms with Crippen LogP contribution in [0.4, 0.5) is 0 Å². The van der Waals surface area contributed by atoms with Gasteiger partial charge in [-0.2, -0.15) is 0 Å². The minimum absolute atomic E-state index is 0.0254. The summed E-state index contributed by atoms with van der Waals surface area (Å²) in [7, 11) is 3.54. The third-order valence-electron chi connectivity index (χ3n) is 3.81. The van der Waals surface area contributed by atoms with Crippen LogP contribution >= 0.6 is 0 Å². The number of hydrogen-bond donors (Lipinski definition) is 0. The standard InChI is InChI=1S/C15H22N2O7/c1-7(18)21-6-10-12-11(16-15(24-12)17(4)5)14(23-9(3)20)13(10)22-8(2)19/h10-14H,6H2,1-5H3/t10-,11-,12-,13+,14+/m0/s1. The first-order valence-corrected chi connectivity index (χ1v) is 7.60. The zero-order valence-electron chi connectivity index (χ0n) is 14.3. The maximum absolute atomic E-state index is 11.5. The Bertz CT molecular complexity index is 560. The van der Waals surface area contributed by atoms with E-state index in [-0.39, 0.29) is 6.61 Å². The molecule has 0 bridgehead atoms. The Morgan fingerprint density at radius 2 is 1.62 bits per heavy atom. The highest BCUT2D eigenvalue weighted by Gasteiger charge is 2.59. The average molecular weight is 342 g/mol. The van der Waals surface area contributed by atoms with Crippen LogP contribution in [0.5, 0.6) is 0 Å². The summed E-state index contributed by atoms with van der Waals surface area (Å²) in [6, 6.07) is -0.146. The Hall–Kier alpha value is -2.32. The molecule has 2 aliphatic rings. The minimum Gasteiger partial charge on any atom is -0.465 e. The first-order valence-electron chi connectivity index (χ1n) is 7.60. The lowest BCUT2D eigenvalue weighted by Gasteiger charge is -2.26. The van der Waals surface area contributed by atoms with Gasteiger partial charge in [-0.25, -0.2) is 4.99 Å². The van der Waals surface area contributed by atoms with Crippen molar-refractivity contribution in [1.82, 2.24) is 4.90 Å². The molecular weight excluding hydrogens is 320 g/mol. The third-order valence-corrected chi connectivity index (χ3v) is 3.81. The maximum atomic E-state index is 11.5. The summed E-state index contributed by atoms with van der Waals surface area (Å²) in [6.07, 6.45) is -2.11. The predicted molar refractivity (Wildman–Crippen MR) is 81.0 cm³/mol. The summed E-state index contributed by atoms with van der Waals surface area (Å²) in [5, 5.41) is 0. The fraction of sp³-hybridized carbons (Fsp3) is 0.733. The molecule has 0 N–H and O–H groups in total. The van der Waals surface area contributed by atoms with E-state index < -0.39 is 48.2 Å². The second-order valence-electron chi connectivity index (χ2n) is 5.99. The summed E-state index contributed by atoms with van der Waals surface area (Å²) in [5.41, 5.74) is 0. The van der Waals surface area contributed by atoms with Crippen LogP contribution in [0, 0.1) is 5.92 Å². The highest BCUT2D eigenvalue weighted by molar-refractivity contribution is 5.76. The number of ether oxygens (including phenoxy) is 4. The van der Waals surface area contributed by atoms with Gasteiger partial charge < -0.3 is 23.8 Å². The van der Waals surface area contributed by atoms with Crippen LogP contribution in [0.3, 0.4) is 0 Å². The van der Waals surface area contributed by atoms with E-state index in [4.69, 9.17) is 18.9 Å². The van der Waals surface area contributed by atoms with E-state index in [1.54, 1.807) is 19.0 Å². The molecule has 9 heteroatoms. The average Bonchev–Trinajstić information content (AvgIpc) is 2.96. The molecule has 1 aliphatic carbocycles. The first-order chi connectivity index (χ1) is 11.2. The van der Waals surface area contributed by atoms with Crippen molar-refractivity contribution >= 4 is 23.9 Å². The number of nitrogens with zero attached hydrogens (tertiary/aromatic N) is 2. The van der Waals surface area contributed by atoms with Gasteiger partial charge in [-0.1, -0.05) is 0 Å². The second-order valence-corrected chi connectivity index (χ2v) is 5.99. The number of esters is 3. The van der Waals surface area contributed by atoms with E-state index in [2.05, 4.69) is 4.99 Å². The van der Waals surface area contributed by atoms with Gasteiger partial charge in [0, 0.05) is 34.9 Å². The van der Waals surface area contributed by atoms with Crippen LogP contribution < -0.4 is 0 Å². The van der Waals surface area contributed by atoms with E-state index >= 15 is 0 Å². The highest BCUT2D eigenvalue weighted by atomic mass is 16.6. The predicted octanol–water partition coefficient (Wildman–Crippen LogP) is -0.272. The molecule has 2 rings (SSSR count). The molecule has 1 fully saturated rings. The Morgan fingerprint density at radius 3 is 2.12 bits per heavy atom. The lowest BCUT2D eigenvalue weighted by Crippen LogP contribution is -2.40. The van der Waals surface area contributed by atoms with Gasteiger partial charge in [0.15, 0.2) is 12.2 Å². The van der Waals surface area contributed by atoms with Crippen LogP contribution in [-0.4, -0.2) is 73.9 Å². The fourth-order valence-corrected chi connectivity index (χ4v) is 2.95. The molecular formula is C15H22N2O7. The normalized spacial score (nSPS) is 30.7. The number of fused-ring (bicyclic) bond motifs is 1. The van der Waals surface area contributed by atoms with Crippen LogP contribution in [0.25, 0.3) is 0 Å². The van der Waals surface area contributed by atoms with E-state index in [1.807, 2.05) is 0 Å². The molecule has 9 nitrogen and oxygen atoms in total. The van der Waals surface area contributed by atoms with Gasteiger partial charge in [-0.15, -0.1) is 0 Å². The Kier molecular flexibility index (Phi) is 5.30. The number of carbonyl (C=O) groups excluding carboxylic acids is 3. The molecule has 1 saturated carbocycles. The summed E-state index contributed by atoms with van der Waals surface area (Å²) < 4.78 is 21.6. The lowest BCUT2D eigenvalue weighted by molar-refractivity contribution is -0.168. The summed E-state index contributed by atoms with van der Waals surface area (Å²) >= 11 is 0. The van der Waals surface area contributed by atoms with Gasteiger partial charge in [0.2, 0.25) is 0 Å². The fourth-order valence-electron chi connectivity index (χ4n) is 2.95. The zero-order chi connectivity index (χ0) is 18.0. The number of carbonyl (C=O) groups is 3. The van der Waals surface area contributed by atoms with Crippen molar-refractivity contribution in [2.24, 2.45) is 10.9 Å². The van der Waals surface area contributed by atoms with Gasteiger partial charge in [0.1, 0.15) is 18.8 Å². The van der Waals surface area contributed by atoms with Gasteiger partial charge in [0.25, 0.3) is 6.02 Å². The minimum atomic E-state index is -0.798. The molecule has 134 valence electrons. The van der Waals surface area contributed by atoms with Gasteiger partial charge >= 0.3 is 17.9 Å². The largest absolute Gasteiger partial charge is 0.465 e. The first kappa shape index (κ1) is 18.0. The van der Waals surface area contributed by atoms with E-state index in [9.17, 15) is 14.4 Å². The molecule has 24 heavy (non-hydrogen) atoms. The molecule has 5 atom stereocenters. The van der Waals surface area contributed by atoms with Gasteiger partial charge in [-0.05, 0) is 0 Å². The van der Waals surface area contributed by atoms with E-state index in [0.717, 1.165) is 0 Å². The molecule has 0 radical (unpaired) electrons. The number of rotatable bonds is 4. The number of aliphatic imine (C=N–C) groups is 1. The summed E-state index contributed by atoms with van der Waals surface area (Å²) in [4.78, 5) is 40.2. The maximum Gasteiger partial charge on any atom is 0.303 e. The van der Waals surface area contributed by atoms with E-state index in [1.165, 1.54) is 20.8 Å². The van der Waals surface area contributed by atoms with Gasteiger partial charge in [0.05, 0.1) is 5.92 Å². The van der Waals surface area contributed by atoms with Crippen molar-refractivity contribution in [3.05, 3.63) is 0 Å². The summed E-state index contributed by atoms with van der Waals surface area (Å²) in [6.45, 7) is 3.79. The smallest absolute Gasteiger partial charge is 0.303 e. The van der Waals surface area contributed by atoms with Crippen molar-refractivity contribution in [3.63, 3.8) is 0 Å². The molecule has 0 saturated heterocycles. The number of hydrogen-bond acceptors (Lipinski definition) is 9. The monoisotopic (exact) mass is 342 g/mol. The van der Waals surface area contributed by atoms with Crippen LogP contribution in [0.15, 0.2) is 4.99 Å². The quantitative estimate of drug-likeness (QED) is 0.508. The zero-order valence-corrected chi connectivity index (χ0v) is 14.3. The Morgan fingerprint density at radius 1 is 1.04 bits per heavy atom. The molecule has 0 aromatic heterocycles. The van der Waals surface area contributed by atoms with Crippen molar-refractivity contribution in [1.29, 1.82) is 0 Å². The Balaban J connectivity index is 2.31. The summed E-state index contributed by atoms with van der Waals surface area (Å²) in [5.74, 6) is -2.00. The highest BCUT2D eigenvalue weighted by Crippen LogP contribution is 2.39. The molecule has 0 aromatic carbocycles. The van der Waals surface area contributed by atoms with Crippen molar-refractivity contribution in [2.45, 2.75) is 45.1 Å². The number of amidine groups is 1. The molecule has 0 unspecified atom stereocenters. The van der Waals surface area contributed by atoms with Crippen molar-refractivity contribution in [3.8, 4) is 0 Å². The molecule has 1 aliphatic heterocycles. The third kappa shape index (κ3) is 3.77. The van der Waals surface area contributed by atoms with Crippen LogP contribution in [0.2, 0.25) is 0 Å². The van der Waals surface area contributed by atoms with Crippen molar-refractivity contribution < 1.29 is 33.3 Å². The van der Waals surface area contributed by atoms with Crippen molar-refractivity contribution in [2.75, 3.05) is 20.7 Å². The second kappa shape index (κ2) is 7.06. The Labute approximate surface area is 139 Å². The lowest BCUT2D eigenvalue weighted by atomic mass is 10.0. The topological polar surface area (TPSA) is 104 Å². The molecule has 0 spiro atoms. The SMILES string of the molecule is CC(=O)OC[C@@H]1[C@@H](OC(C)=O)[C@H](OC(C)=O)[C@H]2N=C(N(C)C)O[C@@H]12. The molecule has 0 aromatic rings. The molecule has 1 heterocycles. The van der Waals surface area contributed by atoms with Crippen LogP contribution in [0.1, 0.15) is 20.8 Å².